The Morgan fingerprint density at radius 2 is 1.90 bits per heavy atom. The summed E-state index contributed by atoms with van der Waals surface area (Å²) in [6.45, 7) is -0.142. The molecule has 0 radical (unpaired) electrons. The number of hydrogen-bond donors (Lipinski definition) is 0. The number of ether oxygens (including phenoxy) is 2. The predicted molar refractivity (Wildman–Crippen MR) is 72.5 cm³/mol. The van der Waals surface area contributed by atoms with E-state index < -0.39 is 5.97 Å². The van der Waals surface area contributed by atoms with Crippen LogP contribution in [0.2, 0.25) is 0 Å². The van der Waals surface area contributed by atoms with Gasteiger partial charge in [-0.05, 0) is 24.3 Å². The molecule has 2 heterocycles. The fourth-order valence-corrected chi connectivity index (χ4v) is 1.77. The Morgan fingerprint density at radius 3 is 2.70 bits per heavy atom. The summed E-state index contributed by atoms with van der Waals surface area (Å²) in [6, 6.07) is 14.7. The average Bonchev–Trinajstić information content (AvgIpc) is 2.92. The van der Waals surface area contributed by atoms with Gasteiger partial charge in [-0.15, -0.1) is 0 Å². The van der Waals surface area contributed by atoms with E-state index in [0.29, 0.717) is 11.4 Å². The first-order valence-electron chi connectivity index (χ1n) is 6.11. The molecular formula is C15H12N2O3. The van der Waals surface area contributed by atoms with Crippen molar-refractivity contribution in [3.63, 3.8) is 0 Å². The van der Waals surface area contributed by atoms with Crippen molar-refractivity contribution in [3.05, 3.63) is 66.6 Å². The van der Waals surface area contributed by atoms with Crippen molar-refractivity contribution in [3.8, 4) is 5.75 Å². The second kappa shape index (κ2) is 5.44. The van der Waals surface area contributed by atoms with E-state index in [0.717, 1.165) is 0 Å². The molecular weight excluding hydrogens is 256 g/mol. The minimum Gasteiger partial charge on any atom is -0.457 e. The molecule has 5 nitrogen and oxygen atoms in total. The van der Waals surface area contributed by atoms with Crippen molar-refractivity contribution < 1.29 is 14.3 Å². The number of nitrogens with zero attached hydrogens (tertiary/aromatic N) is 2. The Labute approximate surface area is 115 Å². The van der Waals surface area contributed by atoms with Crippen molar-refractivity contribution in [2.24, 2.45) is 0 Å². The van der Waals surface area contributed by atoms with Crippen LogP contribution < -0.4 is 4.74 Å². The number of aromatic nitrogens is 2. The number of carbonyl (C=O) groups is 1. The molecule has 100 valence electrons. The van der Waals surface area contributed by atoms with E-state index in [1.165, 1.54) is 0 Å². The fourth-order valence-electron chi connectivity index (χ4n) is 1.77. The van der Waals surface area contributed by atoms with E-state index in [2.05, 4.69) is 4.98 Å². The molecule has 0 amide bonds. The number of benzene rings is 1. The van der Waals surface area contributed by atoms with Crippen LogP contribution in [-0.4, -0.2) is 22.1 Å². The number of para-hydroxylation sites is 1. The standard InChI is InChI=1S/C15H12N2O3/c18-15(20-11-19-12-6-2-1-3-7-12)13-10-17-9-5-4-8-14(17)16-13/h1-10H,11H2. The lowest BCUT2D eigenvalue weighted by molar-refractivity contribution is 0.0148. The molecule has 0 aliphatic carbocycles. The van der Waals surface area contributed by atoms with Gasteiger partial charge < -0.3 is 13.9 Å². The molecule has 0 saturated carbocycles. The quantitative estimate of drug-likeness (QED) is 0.539. The summed E-state index contributed by atoms with van der Waals surface area (Å²) in [5, 5.41) is 0. The second-order valence-corrected chi connectivity index (χ2v) is 4.10. The van der Waals surface area contributed by atoms with Crippen molar-refractivity contribution in [2.75, 3.05) is 6.79 Å². The molecule has 0 saturated heterocycles. The summed E-state index contributed by atoms with van der Waals surface area (Å²) in [6.07, 6.45) is 3.44. The van der Waals surface area contributed by atoms with Gasteiger partial charge in [-0.25, -0.2) is 9.78 Å². The highest BCUT2D eigenvalue weighted by atomic mass is 16.7. The van der Waals surface area contributed by atoms with Crippen LogP contribution >= 0.6 is 0 Å². The minimum atomic E-state index is -0.510. The lowest BCUT2D eigenvalue weighted by Gasteiger charge is -2.05. The molecule has 2 aromatic heterocycles. The summed E-state index contributed by atoms with van der Waals surface area (Å²) in [5.74, 6) is 0.139. The van der Waals surface area contributed by atoms with Crippen LogP contribution in [-0.2, 0) is 4.74 Å². The molecule has 5 heteroatoms. The van der Waals surface area contributed by atoms with Gasteiger partial charge in [0.25, 0.3) is 0 Å². The summed E-state index contributed by atoms with van der Waals surface area (Å²) in [4.78, 5) is 16.0. The number of esters is 1. The van der Waals surface area contributed by atoms with Gasteiger partial charge in [-0.1, -0.05) is 24.3 Å². The highest BCUT2D eigenvalue weighted by Crippen LogP contribution is 2.09. The van der Waals surface area contributed by atoms with Gasteiger partial charge in [-0.3, -0.25) is 0 Å². The maximum Gasteiger partial charge on any atom is 0.361 e. The Bertz CT molecular complexity index is 689. The smallest absolute Gasteiger partial charge is 0.361 e. The third-order valence-corrected chi connectivity index (χ3v) is 2.73. The van der Waals surface area contributed by atoms with Crippen LogP contribution in [0.25, 0.3) is 5.65 Å². The molecule has 0 unspecified atom stereocenters. The van der Waals surface area contributed by atoms with Gasteiger partial charge in [0, 0.05) is 12.4 Å². The fraction of sp³-hybridized carbons (Fsp3) is 0.0667. The molecule has 0 spiro atoms. The molecule has 0 aliphatic heterocycles. The molecule has 0 N–H and O–H groups in total. The first-order valence-corrected chi connectivity index (χ1v) is 6.11. The Hall–Kier alpha value is -2.82. The first kappa shape index (κ1) is 12.2. The maximum absolute atomic E-state index is 11.8. The Kier molecular flexibility index (Phi) is 3.33. The van der Waals surface area contributed by atoms with Crippen LogP contribution in [0.1, 0.15) is 10.5 Å². The number of pyridine rings is 1. The lowest BCUT2D eigenvalue weighted by Crippen LogP contribution is -2.10. The Balaban J connectivity index is 1.61. The van der Waals surface area contributed by atoms with Gasteiger partial charge in [-0.2, -0.15) is 0 Å². The molecule has 1 aromatic carbocycles. The van der Waals surface area contributed by atoms with Crippen molar-refractivity contribution in [2.45, 2.75) is 0 Å². The third-order valence-electron chi connectivity index (χ3n) is 2.73. The molecule has 0 bridgehead atoms. The number of carbonyl (C=O) groups excluding carboxylic acids is 1. The van der Waals surface area contributed by atoms with Crippen LogP contribution in [0.3, 0.4) is 0 Å². The van der Waals surface area contributed by atoms with Gasteiger partial charge in [0.15, 0.2) is 5.69 Å². The zero-order valence-electron chi connectivity index (χ0n) is 10.6. The predicted octanol–water partition coefficient (Wildman–Crippen LogP) is 2.53. The van der Waals surface area contributed by atoms with E-state index in [4.69, 9.17) is 9.47 Å². The van der Waals surface area contributed by atoms with Crippen molar-refractivity contribution in [1.29, 1.82) is 0 Å². The van der Waals surface area contributed by atoms with E-state index in [-0.39, 0.29) is 12.5 Å². The highest BCUT2D eigenvalue weighted by molar-refractivity contribution is 5.87. The Morgan fingerprint density at radius 1 is 1.10 bits per heavy atom. The van der Waals surface area contributed by atoms with Gasteiger partial charge >= 0.3 is 5.97 Å². The van der Waals surface area contributed by atoms with E-state index in [1.807, 2.05) is 42.6 Å². The monoisotopic (exact) mass is 268 g/mol. The van der Waals surface area contributed by atoms with Crippen LogP contribution in [0.15, 0.2) is 60.9 Å². The van der Waals surface area contributed by atoms with Gasteiger partial charge in [0.2, 0.25) is 6.79 Å². The first-order chi connectivity index (χ1) is 9.83. The van der Waals surface area contributed by atoms with E-state index >= 15 is 0 Å². The number of fused-ring (bicyclic) bond motifs is 1. The third kappa shape index (κ3) is 2.61. The molecule has 0 fully saturated rings. The molecule has 3 aromatic rings. The lowest BCUT2D eigenvalue weighted by atomic mass is 10.3. The van der Waals surface area contributed by atoms with E-state index in [9.17, 15) is 4.79 Å². The molecule has 3 rings (SSSR count). The zero-order chi connectivity index (χ0) is 13.8. The average molecular weight is 268 g/mol. The summed E-state index contributed by atoms with van der Waals surface area (Å²) < 4.78 is 12.1. The normalized spacial score (nSPS) is 10.4. The van der Waals surface area contributed by atoms with Gasteiger partial charge in [0.1, 0.15) is 11.4 Å². The largest absolute Gasteiger partial charge is 0.457 e. The molecule has 0 atom stereocenters. The second-order valence-electron chi connectivity index (χ2n) is 4.10. The van der Waals surface area contributed by atoms with Crippen molar-refractivity contribution >= 4 is 11.6 Å². The van der Waals surface area contributed by atoms with Gasteiger partial charge in [0.05, 0.1) is 0 Å². The molecule has 0 aliphatic rings. The highest BCUT2D eigenvalue weighted by Gasteiger charge is 2.11. The topological polar surface area (TPSA) is 52.8 Å². The number of imidazole rings is 1. The van der Waals surface area contributed by atoms with E-state index in [1.54, 1.807) is 22.7 Å². The zero-order valence-corrected chi connectivity index (χ0v) is 10.6. The summed E-state index contributed by atoms with van der Waals surface area (Å²) in [7, 11) is 0. The minimum absolute atomic E-state index is 0.142. The SMILES string of the molecule is O=C(OCOc1ccccc1)c1cn2ccccc2n1. The number of rotatable bonds is 4. The van der Waals surface area contributed by atoms with Crippen LogP contribution in [0, 0.1) is 0 Å². The number of hydrogen-bond acceptors (Lipinski definition) is 4. The molecule has 20 heavy (non-hydrogen) atoms. The maximum atomic E-state index is 11.8. The van der Waals surface area contributed by atoms with Crippen LogP contribution in [0.4, 0.5) is 0 Å². The summed E-state index contributed by atoms with van der Waals surface area (Å²) in [5.41, 5.74) is 0.955. The van der Waals surface area contributed by atoms with Crippen LogP contribution in [0.5, 0.6) is 5.75 Å². The van der Waals surface area contributed by atoms with Crippen molar-refractivity contribution in [1.82, 2.24) is 9.38 Å². The summed E-state index contributed by atoms with van der Waals surface area (Å²) >= 11 is 0.